The van der Waals surface area contributed by atoms with E-state index in [9.17, 15) is 0 Å². The van der Waals surface area contributed by atoms with Gasteiger partial charge in [0.15, 0.2) is 16.5 Å². The number of hydrogen-bond acceptors (Lipinski definition) is 9. The third kappa shape index (κ3) is 4.25. The number of imidazole rings is 1. The van der Waals surface area contributed by atoms with Gasteiger partial charge >= 0.3 is 0 Å². The molecule has 0 fully saturated rings. The van der Waals surface area contributed by atoms with Crippen LogP contribution in [0.15, 0.2) is 46.3 Å². The molecule has 34 heavy (non-hydrogen) atoms. The number of fused-ring (bicyclic) bond motifs is 2. The second-order valence-electron chi connectivity index (χ2n) is 7.79. The van der Waals surface area contributed by atoms with E-state index in [4.69, 9.17) is 19.2 Å². The predicted octanol–water partition coefficient (Wildman–Crippen LogP) is 4.84. The largest absolute Gasteiger partial charge is 0.496 e. The molecule has 0 bridgehead atoms. The Balaban J connectivity index is 1.42. The summed E-state index contributed by atoms with van der Waals surface area (Å²) in [5.41, 5.74) is 3.78. The number of nitriles is 1. The second kappa shape index (κ2) is 9.03. The Labute approximate surface area is 199 Å². The molecule has 4 heterocycles. The van der Waals surface area contributed by atoms with Gasteiger partial charge in [0.2, 0.25) is 0 Å². The Morgan fingerprint density at radius 2 is 2.12 bits per heavy atom. The van der Waals surface area contributed by atoms with Gasteiger partial charge in [0.1, 0.15) is 29.4 Å². The van der Waals surface area contributed by atoms with Gasteiger partial charge < -0.3 is 18.8 Å². The molecule has 0 saturated carbocycles. The molecule has 9 nitrogen and oxygen atoms in total. The van der Waals surface area contributed by atoms with E-state index < -0.39 is 0 Å². The fraction of sp³-hybridized carbons (Fsp3) is 0.250. The van der Waals surface area contributed by atoms with Crippen molar-refractivity contribution in [3.8, 4) is 29.0 Å². The van der Waals surface area contributed by atoms with Crippen molar-refractivity contribution in [2.75, 3.05) is 25.6 Å². The van der Waals surface area contributed by atoms with Gasteiger partial charge in [-0.2, -0.15) is 10.4 Å². The summed E-state index contributed by atoms with van der Waals surface area (Å²) >= 11 is 1.52. The van der Waals surface area contributed by atoms with E-state index in [1.807, 2.05) is 60.8 Å². The fourth-order valence-corrected chi connectivity index (χ4v) is 4.35. The number of aromatic nitrogens is 4. The summed E-state index contributed by atoms with van der Waals surface area (Å²) in [6.45, 7) is 2.87. The van der Waals surface area contributed by atoms with E-state index in [1.54, 1.807) is 11.6 Å². The highest BCUT2D eigenvalue weighted by atomic mass is 32.1. The minimum Gasteiger partial charge on any atom is -0.496 e. The average Bonchev–Trinajstić information content (AvgIpc) is 3.58. The van der Waals surface area contributed by atoms with Crippen molar-refractivity contribution in [2.24, 2.45) is 0 Å². The molecule has 1 aromatic carbocycles. The lowest BCUT2D eigenvalue weighted by Crippen LogP contribution is -2.17. The number of anilines is 1. The number of thiazole rings is 1. The molecule has 0 unspecified atom stereocenters. The van der Waals surface area contributed by atoms with Crippen LogP contribution in [0.2, 0.25) is 0 Å². The first-order valence-electron chi connectivity index (χ1n) is 10.6. The first kappa shape index (κ1) is 21.7. The molecular weight excluding hydrogens is 452 g/mol. The number of nitrogens with zero attached hydrogens (tertiary/aromatic N) is 6. The van der Waals surface area contributed by atoms with Crippen LogP contribution in [0.5, 0.6) is 11.5 Å². The van der Waals surface area contributed by atoms with E-state index in [0.717, 1.165) is 27.6 Å². The van der Waals surface area contributed by atoms with Crippen molar-refractivity contribution >= 4 is 33.1 Å². The quantitative estimate of drug-likeness (QED) is 0.315. The zero-order valence-electron chi connectivity index (χ0n) is 19.0. The predicted molar refractivity (Wildman–Crippen MR) is 129 cm³/mol. The monoisotopic (exact) mass is 474 g/mol. The number of hydrogen-bond donors (Lipinski definition) is 0. The Morgan fingerprint density at radius 3 is 2.94 bits per heavy atom. The SMILES string of the molecule is COc1cc(OCc2csc(N(C)CCC#N)n2)c2cc(-c3cn4nc(C)ccc4n3)oc2c1. The summed E-state index contributed by atoms with van der Waals surface area (Å²) in [5.74, 6) is 1.88. The van der Waals surface area contributed by atoms with Crippen LogP contribution in [0.4, 0.5) is 5.13 Å². The maximum Gasteiger partial charge on any atom is 0.185 e. The highest BCUT2D eigenvalue weighted by Crippen LogP contribution is 2.37. The Hall–Kier alpha value is -4.10. The molecule has 172 valence electrons. The number of rotatable bonds is 8. The van der Waals surface area contributed by atoms with Crippen molar-refractivity contribution in [1.82, 2.24) is 19.6 Å². The highest BCUT2D eigenvalue weighted by molar-refractivity contribution is 7.13. The average molecular weight is 475 g/mol. The maximum absolute atomic E-state index is 8.79. The topological polar surface area (TPSA) is 102 Å². The molecule has 4 aromatic heterocycles. The van der Waals surface area contributed by atoms with Crippen LogP contribution >= 0.6 is 11.3 Å². The van der Waals surface area contributed by atoms with Crippen LogP contribution in [-0.4, -0.2) is 40.3 Å². The second-order valence-corrected chi connectivity index (χ2v) is 8.63. The highest BCUT2D eigenvalue weighted by Gasteiger charge is 2.16. The van der Waals surface area contributed by atoms with Crippen LogP contribution in [0, 0.1) is 18.3 Å². The van der Waals surface area contributed by atoms with Crippen molar-refractivity contribution in [1.29, 1.82) is 5.26 Å². The van der Waals surface area contributed by atoms with Crippen LogP contribution in [0.1, 0.15) is 17.8 Å². The summed E-state index contributed by atoms with van der Waals surface area (Å²) < 4.78 is 19.4. The van der Waals surface area contributed by atoms with Crippen molar-refractivity contribution < 1.29 is 13.9 Å². The van der Waals surface area contributed by atoms with Gasteiger partial charge in [-0.05, 0) is 25.1 Å². The molecule has 0 aliphatic carbocycles. The molecule has 10 heteroatoms. The van der Waals surface area contributed by atoms with Gasteiger partial charge in [0, 0.05) is 31.1 Å². The summed E-state index contributed by atoms with van der Waals surface area (Å²) in [7, 11) is 3.53. The lowest BCUT2D eigenvalue weighted by atomic mass is 10.2. The minimum atomic E-state index is 0.295. The molecule has 0 spiro atoms. The standard InChI is InChI=1S/C24H22N6O3S/c1-15-5-6-23-27-19(12-30(23)28-15)22-11-18-20(9-17(31-3)10-21(18)33-22)32-13-16-14-34-24(26-16)29(2)8-4-7-25/h5-6,9-12,14H,4,8,13H2,1-3H3. The molecule has 0 aliphatic heterocycles. The zero-order chi connectivity index (χ0) is 23.7. The number of aryl methyl sites for hydroxylation is 1. The van der Waals surface area contributed by atoms with E-state index >= 15 is 0 Å². The lowest BCUT2D eigenvalue weighted by molar-refractivity contribution is 0.303. The smallest absolute Gasteiger partial charge is 0.185 e. The third-order valence-corrected chi connectivity index (χ3v) is 6.32. The van der Waals surface area contributed by atoms with Crippen LogP contribution in [-0.2, 0) is 6.61 Å². The molecule has 0 N–H and O–H groups in total. The number of benzene rings is 1. The van der Waals surface area contributed by atoms with Crippen molar-refractivity contribution in [2.45, 2.75) is 20.0 Å². The summed E-state index contributed by atoms with van der Waals surface area (Å²) in [4.78, 5) is 11.2. The lowest BCUT2D eigenvalue weighted by Gasteiger charge is -2.12. The Morgan fingerprint density at radius 1 is 1.24 bits per heavy atom. The van der Waals surface area contributed by atoms with E-state index in [0.29, 0.717) is 48.1 Å². The first-order chi connectivity index (χ1) is 16.5. The molecule has 5 rings (SSSR count). The Kier molecular flexibility index (Phi) is 5.77. The van der Waals surface area contributed by atoms with E-state index in [-0.39, 0.29) is 0 Å². The maximum atomic E-state index is 8.79. The van der Waals surface area contributed by atoms with Gasteiger partial charge in [-0.3, -0.25) is 0 Å². The zero-order valence-corrected chi connectivity index (χ0v) is 19.8. The molecule has 5 aromatic rings. The number of methoxy groups -OCH3 is 1. The molecule has 0 radical (unpaired) electrons. The Bertz CT molecular complexity index is 1510. The molecule has 0 saturated heterocycles. The van der Waals surface area contributed by atoms with Gasteiger partial charge in [-0.1, -0.05) is 0 Å². The van der Waals surface area contributed by atoms with Crippen LogP contribution in [0.25, 0.3) is 28.1 Å². The fourth-order valence-electron chi connectivity index (χ4n) is 3.55. The van der Waals surface area contributed by atoms with Crippen molar-refractivity contribution in [3.05, 3.63) is 53.3 Å². The number of ether oxygens (including phenoxy) is 2. The summed E-state index contributed by atoms with van der Waals surface area (Å²) in [5, 5.41) is 16.9. The van der Waals surface area contributed by atoms with Gasteiger partial charge in [0.05, 0.1) is 42.6 Å². The molecular formula is C24H22N6O3S. The van der Waals surface area contributed by atoms with Crippen molar-refractivity contribution in [3.63, 3.8) is 0 Å². The van der Waals surface area contributed by atoms with Crippen LogP contribution in [0.3, 0.4) is 0 Å². The normalized spacial score (nSPS) is 11.1. The van der Waals surface area contributed by atoms with Gasteiger partial charge in [-0.25, -0.2) is 14.5 Å². The molecule has 0 atom stereocenters. The minimum absolute atomic E-state index is 0.295. The molecule has 0 aliphatic rings. The van der Waals surface area contributed by atoms with E-state index in [1.165, 1.54) is 11.3 Å². The van der Waals surface area contributed by atoms with Gasteiger partial charge in [-0.15, -0.1) is 11.3 Å². The van der Waals surface area contributed by atoms with Crippen LogP contribution < -0.4 is 14.4 Å². The summed E-state index contributed by atoms with van der Waals surface area (Å²) in [6, 6.07) is 11.6. The van der Waals surface area contributed by atoms with E-state index in [2.05, 4.69) is 21.1 Å². The third-order valence-electron chi connectivity index (χ3n) is 5.32. The van der Waals surface area contributed by atoms with Gasteiger partial charge in [0.25, 0.3) is 0 Å². The number of furan rings is 1. The first-order valence-corrected chi connectivity index (χ1v) is 11.5. The molecule has 0 amide bonds. The summed E-state index contributed by atoms with van der Waals surface area (Å²) in [6.07, 6.45) is 2.30.